The molecule has 0 atom stereocenters. The number of aromatic carboxylic acids is 1. The van der Waals surface area contributed by atoms with Crippen LogP contribution in [0.5, 0.6) is 0 Å². The molecular formula is C21H20FN3O3. The van der Waals surface area contributed by atoms with Crippen LogP contribution in [0.1, 0.15) is 35.2 Å². The Morgan fingerprint density at radius 1 is 1.11 bits per heavy atom. The van der Waals surface area contributed by atoms with Crippen molar-refractivity contribution in [1.82, 2.24) is 10.1 Å². The summed E-state index contributed by atoms with van der Waals surface area (Å²) in [6.07, 6.45) is 3.71. The molecule has 7 heteroatoms. The molecule has 0 aliphatic carbocycles. The Morgan fingerprint density at radius 3 is 2.54 bits per heavy atom. The van der Waals surface area contributed by atoms with E-state index >= 15 is 0 Å². The normalized spacial score (nSPS) is 14.3. The number of carbonyl (C=O) groups is 1. The number of carboxylic acid groups (broad SMARTS) is 1. The van der Waals surface area contributed by atoms with Gasteiger partial charge in [0.1, 0.15) is 5.82 Å². The number of benzene rings is 2. The van der Waals surface area contributed by atoms with Crippen LogP contribution in [0, 0.1) is 12.7 Å². The minimum atomic E-state index is -1.32. The maximum absolute atomic E-state index is 13.9. The van der Waals surface area contributed by atoms with Crippen molar-refractivity contribution in [3.63, 3.8) is 0 Å². The Kier molecular flexibility index (Phi) is 4.81. The number of aryl methyl sites for hydroxylation is 1. The van der Waals surface area contributed by atoms with E-state index in [2.05, 4.69) is 28.0 Å². The summed E-state index contributed by atoms with van der Waals surface area (Å²) in [4.78, 5) is 17.7. The Morgan fingerprint density at radius 2 is 1.86 bits per heavy atom. The number of hydrogen-bond donors (Lipinski definition) is 1. The average Bonchev–Trinajstić information content (AvgIpc) is 3.18. The lowest BCUT2D eigenvalue weighted by atomic mass is 10.1. The highest BCUT2D eigenvalue weighted by molar-refractivity contribution is 5.88. The molecule has 1 aliphatic rings. The van der Waals surface area contributed by atoms with E-state index in [4.69, 9.17) is 9.63 Å². The molecule has 144 valence electrons. The van der Waals surface area contributed by atoms with E-state index in [9.17, 15) is 9.18 Å². The van der Waals surface area contributed by atoms with Gasteiger partial charge >= 0.3 is 5.97 Å². The lowest BCUT2D eigenvalue weighted by Crippen LogP contribution is -2.29. The summed E-state index contributed by atoms with van der Waals surface area (Å²) in [5.41, 5.74) is 3.11. The summed E-state index contributed by atoms with van der Waals surface area (Å²) in [6.45, 7) is 4.20. The van der Waals surface area contributed by atoms with Crippen molar-refractivity contribution in [3.8, 4) is 22.8 Å². The Bertz CT molecular complexity index is 1030. The van der Waals surface area contributed by atoms with Crippen LogP contribution in [0.2, 0.25) is 0 Å². The zero-order chi connectivity index (χ0) is 19.7. The Hall–Kier alpha value is -3.22. The summed E-state index contributed by atoms with van der Waals surface area (Å²) in [6, 6.07) is 9.79. The molecule has 0 amide bonds. The molecule has 0 unspecified atom stereocenters. The van der Waals surface area contributed by atoms with Crippen LogP contribution in [0.15, 0.2) is 40.9 Å². The highest BCUT2D eigenvalue weighted by Crippen LogP contribution is 2.29. The molecule has 3 aromatic rings. The molecule has 4 rings (SSSR count). The van der Waals surface area contributed by atoms with Crippen molar-refractivity contribution < 1.29 is 18.8 Å². The fourth-order valence-corrected chi connectivity index (χ4v) is 3.56. The fraction of sp³-hybridized carbons (Fsp3) is 0.286. The SMILES string of the molecule is Cc1cc(-c2nc(-c3ccc(C(=O)O)c(F)c3)no2)ccc1N1CCCCC1. The molecule has 28 heavy (non-hydrogen) atoms. The summed E-state index contributed by atoms with van der Waals surface area (Å²) in [7, 11) is 0. The number of piperidine rings is 1. The Labute approximate surface area is 161 Å². The molecule has 0 saturated carbocycles. The van der Waals surface area contributed by atoms with E-state index in [1.54, 1.807) is 0 Å². The van der Waals surface area contributed by atoms with Crippen molar-refractivity contribution >= 4 is 11.7 Å². The molecule has 1 aliphatic heterocycles. The molecule has 1 aromatic heterocycles. The smallest absolute Gasteiger partial charge is 0.338 e. The van der Waals surface area contributed by atoms with Gasteiger partial charge in [-0.3, -0.25) is 0 Å². The van der Waals surface area contributed by atoms with Gasteiger partial charge in [-0.2, -0.15) is 4.98 Å². The van der Waals surface area contributed by atoms with Gasteiger partial charge in [0.25, 0.3) is 5.89 Å². The molecule has 0 spiro atoms. The number of halogens is 1. The van der Waals surface area contributed by atoms with Gasteiger partial charge in [-0.1, -0.05) is 5.16 Å². The summed E-state index contributed by atoms with van der Waals surface area (Å²) < 4.78 is 19.3. The monoisotopic (exact) mass is 381 g/mol. The topological polar surface area (TPSA) is 79.5 Å². The number of carboxylic acids is 1. The quantitative estimate of drug-likeness (QED) is 0.715. The first-order chi connectivity index (χ1) is 13.5. The van der Waals surface area contributed by atoms with Gasteiger partial charge in [-0.15, -0.1) is 0 Å². The van der Waals surface area contributed by atoms with Crippen molar-refractivity contribution in [3.05, 3.63) is 53.3 Å². The first-order valence-corrected chi connectivity index (χ1v) is 9.26. The lowest BCUT2D eigenvalue weighted by Gasteiger charge is -2.30. The van der Waals surface area contributed by atoms with Gasteiger partial charge in [0.05, 0.1) is 5.56 Å². The van der Waals surface area contributed by atoms with Crippen LogP contribution in [0.25, 0.3) is 22.8 Å². The maximum Gasteiger partial charge on any atom is 0.338 e. The first-order valence-electron chi connectivity index (χ1n) is 9.26. The minimum Gasteiger partial charge on any atom is -0.478 e. The van der Waals surface area contributed by atoms with Crippen LogP contribution in [0.3, 0.4) is 0 Å². The third-order valence-electron chi connectivity index (χ3n) is 5.02. The molecule has 2 heterocycles. The third kappa shape index (κ3) is 3.47. The van der Waals surface area contributed by atoms with Crippen LogP contribution >= 0.6 is 0 Å². The Balaban J connectivity index is 1.60. The summed E-state index contributed by atoms with van der Waals surface area (Å²) in [5, 5.41) is 12.8. The van der Waals surface area contributed by atoms with Gasteiger partial charge in [0, 0.05) is 29.9 Å². The lowest BCUT2D eigenvalue weighted by molar-refractivity contribution is 0.0692. The van der Waals surface area contributed by atoms with E-state index in [1.807, 2.05) is 12.1 Å². The van der Waals surface area contributed by atoms with Crippen molar-refractivity contribution in [2.24, 2.45) is 0 Å². The highest BCUT2D eigenvalue weighted by Gasteiger charge is 2.17. The van der Waals surface area contributed by atoms with Gasteiger partial charge in [0.15, 0.2) is 0 Å². The third-order valence-corrected chi connectivity index (χ3v) is 5.02. The van der Waals surface area contributed by atoms with Gasteiger partial charge in [0.2, 0.25) is 5.82 Å². The van der Waals surface area contributed by atoms with E-state index in [1.165, 1.54) is 37.1 Å². The number of aromatic nitrogens is 2. The molecular weight excluding hydrogens is 361 g/mol. The number of nitrogens with zero attached hydrogens (tertiary/aromatic N) is 3. The molecule has 2 aromatic carbocycles. The first kappa shape index (κ1) is 18.2. The summed E-state index contributed by atoms with van der Waals surface area (Å²) >= 11 is 0. The second-order valence-corrected chi connectivity index (χ2v) is 6.97. The van der Waals surface area contributed by atoms with Crippen LogP contribution in [-0.2, 0) is 0 Å². The standard InChI is InChI=1S/C21H20FN3O3/c1-13-11-15(6-8-18(13)25-9-3-2-4-10-25)20-23-19(24-28-20)14-5-7-16(21(26)27)17(22)12-14/h5-8,11-12H,2-4,9-10H2,1H3,(H,26,27). The predicted octanol–water partition coefficient (Wildman–Crippen LogP) is 4.54. The zero-order valence-corrected chi connectivity index (χ0v) is 15.5. The van der Waals surface area contributed by atoms with E-state index in [0.29, 0.717) is 11.5 Å². The molecule has 0 bridgehead atoms. The predicted molar refractivity (Wildman–Crippen MR) is 103 cm³/mol. The van der Waals surface area contributed by atoms with Gasteiger partial charge < -0.3 is 14.5 Å². The minimum absolute atomic E-state index is 0.212. The van der Waals surface area contributed by atoms with Crippen molar-refractivity contribution in [2.75, 3.05) is 18.0 Å². The molecule has 1 N–H and O–H groups in total. The number of anilines is 1. The maximum atomic E-state index is 13.9. The van der Waals surface area contributed by atoms with E-state index in [0.717, 1.165) is 30.3 Å². The van der Waals surface area contributed by atoms with Crippen LogP contribution in [0.4, 0.5) is 10.1 Å². The molecule has 6 nitrogen and oxygen atoms in total. The van der Waals surface area contributed by atoms with Crippen molar-refractivity contribution in [1.29, 1.82) is 0 Å². The molecule has 1 saturated heterocycles. The van der Waals surface area contributed by atoms with Crippen LogP contribution in [-0.4, -0.2) is 34.3 Å². The second-order valence-electron chi connectivity index (χ2n) is 6.97. The number of rotatable bonds is 4. The highest BCUT2D eigenvalue weighted by atomic mass is 19.1. The average molecular weight is 381 g/mol. The largest absolute Gasteiger partial charge is 0.478 e. The summed E-state index contributed by atoms with van der Waals surface area (Å²) in [5.74, 6) is -1.60. The van der Waals surface area contributed by atoms with Gasteiger partial charge in [-0.05, 0) is 68.1 Å². The van der Waals surface area contributed by atoms with Crippen LogP contribution < -0.4 is 4.90 Å². The second kappa shape index (κ2) is 7.42. The van der Waals surface area contributed by atoms with E-state index < -0.39 is 17.3 Å². The van der Waals surface area contributed by atoms with Crippen molar-refractivity contribution in [2.45, 2.75) is 26.2 Å². The fourth-order valence-electron chi connectivity index (χ4n) is 3.56. The zero-order valence-electron chi connectivity index (χ0n) is 15.5. The number of hydrogen-bond acceptors (Lipinski definition) is 5. The molecule has 1 fully saturated rings. The molecule has 0 radical (unpaired) electrons. The van der Waals surface area contributed by atoms with E-state index in [-0.39, 0.29) is 5.82 Å². The van der Waals surface area contributed by atoms with Gasteiger partial charge in [-0.25, -0.2) is 9.18 Å².